The first-order valence-corrected chi connectivity index (χ1v) is 10.3. The van der Waals surface area contributed by atoms with Crippen molar-refractivity contribution in [2.24, 2.45) is 0 Å². The monoisotopic (exact) mass is 428 g/mol. The zero-order valence-corrected chi connectivity index (χ0v) is 18.2. The second-order valence-corrected chi connectivity index (χ2v) is 7.34. The average molecular weight is 428 g/mol. The van der Waals surface area contributed by atoms with Crippen molar-refractivity contribution in [3.8, 4) is 17.1 Å². The minimum absolute atomic E-state index is 0.123. The molecule has 8 nitrogen and oxygen atoms in total. The Morgan fingerprint density at radius 3 is 2.72 bits per heavy atom. The zero-order valence-electron chi connectivity index (χ0n) is 18.2. The molecule has 162 valence electrons. The van der Waals surface area contributed by atoms with E-state index in [4.69, 9.17) is 4.74 Å². The van der Waals surface area contributed by atoms with Crippen molar-refractivity contribution in [1.82, 2.24) is 25.3 Å². The van der Waals surface area contributed by atoms with Crippen LogP contribution in [0.1, 0.15) is 28.8 Å². The minimum atomic E-state index is -0.123. The second kappa shape index (κ2) is 9.38. The molecule has 2 N–H and O–H groups in total. The number of nitrogens with one attached hydrogen (secondary N) is 2. The summed E-state index contributed by atoms with van der Waals surface area (Å²) in [5, 5.41) is 6.92. The molecule has 0 radical (unpaired) electrons. The van der Waals surface area contributed by atoms with Crippen LogP contribution in [0.3, 0.4) is 0 Å². The van der Waals surface area contributed by atoms with Gasteiger partial charge in [-0.2, -0.15) is 0 Å². The van der Waals surface area contributed by atoms with Crippen molar-refractivity contribution in [3.63, 3.8) is 0 Å². The fourth-order valence-electron chi connectivity index (χ4n) is 3.56. The van der Waals surface area contributed by atoms with Crippen LogP contribution in [-0.4, -0.2) is 46.5 Å². The van der Waals surface area contributed by atoms with E-state index in [0.29, 0.717) is 18.0 Å². The number of carbonyl (C=O) groups excluding carboxylic acids is 1. The lowest BCUT2D eigenvalue weighted by Gasteiger charge is -2.16. The van der Waals surface area contributed by atoms with Gasteiger partial charge in [0, 0.05) is 55.0 Å². The summed E-state index contributed by atoms with van der Waals surface area (Å²) in [6, 6.07) is 13.3. The van der Waals surface area contributed by atoms with E-state index in [-0.39, 0.29) is 11.8 Å². The molecule has 0 aliphatic heterocycles. The van der Waals surface area contributed by atoms with Crippen molar-refractivity contribution in [1.29, 1.82) is 0 Å². The van der Waals surface area contributed by atoms with Gasteiger partial charge >= 0.3 is 0 Å². The molecule has 0 spiro atoms. The van der Waals surface area contributed by atoms with Crippen LogP contribution in [0.5, 0.6) is 5.88 Å². The van der Waals surface area contributed by atoms with Crippen molar-refractivity contribution in [3.05, 3.63) is 72.3 Å². The number of hydrogen-bond donors (Lipinski definition) is 2. The topological polar surface area (TPSA) is 102 Å². The van der Waals surface area contributed by atoms with E-state index < -0.39 is 0 Å². The Kier molecular flexibility index (Phi) is 6.21. The summed E-state index contributed by atoms with van der Waals surface area (Å²) >= 11 is 0. The minimum Gasteiger partial charge on any atom is -0.481 e. The first kappa shape index (κ1) is 21.2. The van der Waals surface area contributed by atoms with E-state index >= 15 is 0 Å². The number of fused-ring (bicyclic) bond motifs is 1. The van der Waals surface area contributed by atoms with Crippen molar-refractivity contribution < 1.29 is 9.53 Å². The third-order valence-electron chi connectivity index (χ3n) is 5.30. The fourth-order valence-corrected chi connectivity index (χ4v) is 3.56. The molecule has 4 rings (SSSR count). The lowest BCUT2D eigenvalue weighted by molar-refractivity contribution is 0.0964. The summed E-state index contributed by atoms with van der Waals surface area (Å²) in [4.78, 5) is 29.7. The quantitative estimate of drug-likeness (QED) is 0.463. The van der Waals surface area contributed by atoms with Gasteiger partial charge in [-0.05, 0) is 17.7 Å². The summed E-state index contributed by atoms with van der Waals surface area (Å²) in [5.41, 5.74) is 4.16. The van der Waals surface area contributed by atoms with E-state index in [1.807, 2.05) is 30.3 Å². The smallest absolute Gasteiger partial charge is 0.251 e. The van der Waals surface area contributed by atoms with E-state index in [9.17, 15) is 4.79 Å². The molecule has 0 aliphatic carbocycles. The van der Waals surface area contributed by atoms with Gasteiger partial charge in [0.25, 0.3) is 5.91 Å². The number of anilines is 1. The molecule has 32 heavy (non-hydrogen) atoms. The molecule has 0 aliphatic rings. The maximum Gasteiger partial charge on any atom is 0.251 e. The highest BCUT2D eigenvalue weighted by Gasteiger charge is 2.15. The molecule has 1 amide bonds. The number of ether oxygens (including phenoxy) is 1. The molecular weight excluding hydrogens is 404 g/mol. The highest BCUT2D eigenvalue weighted by atomic mass is 16.5. The van der Waals surface area contributed by atoms with E-state index in [2.05, 4.69) is 37.5 Å². The Hall–Kier alpha value is -4.07. The lowest BCUT2D eigenvalue weighted by atomic mass is 9.96. The predicted octanol–water partition coefficient (Wildman–Crippen LogP) is 3.67. The number of nitrogens with zero attached hydrogens (tertiary/aromatic N) is 4. The van der Waals surface area contributed by atoms with Gasteiger partial charge in [-0.25, -0.2) is 15.0 Å². The summed E-state index contributed by atoms with van der Waals surface area (Å²) in [6.45, 7) is 2.76. The number of hydrogen-bond acceptors (Lipinski definition) is 7. The van der Waals surface area contributed by atoms with Crippen LogP contribution in [0.2, 0.25) is 0 Å². The number of methoxy groups -OCH3 is 1. The Labute approximate surface area is 186 Å². The van der Waals surface area contributed by atoms with Gasteiger partial charge in [0.15, 0.2) is 0 Å². The Morgan fingerprint density at radius 1 is 1.09 bits per heavy atom. The number of carbonyl (C=O) groups is 1. The van der Waals surface area contributed by atoms with Gasteiger partial charge in [0.1, 0.15) is 12.1 Å². The number of benzene rings is 1. The van der Waals surface area contributed by atoms with Crippen LogP contribution >= 0.6 is 0 Å². The molecule has 0 fully saturated rings. The predicted molar refractivity (Wildman–Crippen MR) is 124 cm³/mol. The summed E-state index contributed by atoms with van der Waals surface area (Å²) in [5.74, 6) is 1.28. The number of rotatable bonds is 7. The van der Waals surface area contributed by atoms with Crippen LogP contribution in [0.15, 0.2) is 61.2 Å². The Bertz CT molecular complexity index is 1240. The molecule has 8 heteroatoms. The molecule has 3 aromatic heterocycles. The van der Waals surface area contributed by atoms with Crippen LogP contribution in [0.4, 0.5) is 5.82 Å². The van der Waals surface area contributed by atoms with Gasteiger partial charge < -0.3 is 15.4 Å². The first-order chi connectivity index (χ1) is 15.6. The lowest BCUT2D eigenvalue weighted by Crippen LogP contribution is -2.18. The van der Waals surface area contributed by atoms with Gasteiger partial charge in [-0.3, -0.25) is 9.78 Å². The molecule has 3 heterocycles. The Balaban J connectivity index is 1.53. The van der Waals surface area contributed by atoms with Crippen molar-refractivity contribution in [2.45, 2.75) is 12.8 Å². The van der Waals surface area contributed by atoms with Crippen LogP contribution in [-0.2, 0) is 0 Å². The summed E-state index contributed by atoms with van der Waals surface area (Å²) < 4.78 is 5.11. The third-order valence-corrected chi connectivity index (χ3v) is 5.30. The zero-order chi connectivity index (χ0) is 22.5. The molecular formula is C24H24N6O2. The maximum atomic E-state index is 12.2. The normalized spacial score (nSPS) is 11.7. The van der Waals surface area contributed by atoms with Crippen LogP contribution < -0.4 is 15.4 Å². The number of aromatic nitrogens is 4. The highest BCUT2D eigenvalue weighted by Crippen LogP contribution is 2.27. The highest BCUT2D eigenvalue weighted by molar-refractivity contribution is 6.06. The molecule has 4 aromatic rings. The van der Waals surface area contributed by atoms with Gasteiger partial charge in [0.05, 0.1) is 23.9 Å². The van der Waals surface area contributed by atoms with Crippen LogP contribution in [0, 0.1) is 0 Å². The molecule has 0 saturated heterocycles. The van der Waals surface area contributed by atoms with E-state index in [1.54, 1.807) is 38.7 Å². The van der Waals surface area contributed by atoms with E-state index in [0.717, 1.165) is 33.5 Å². The average Bonchev–Trinajstić information content (AvgIpc) is 2.86. The molecule has 0 bridgehead atoms. The first-order valence-electron chi connectivity index (χ1n) is 10.3. The van der Waals surface area contributed by atoms with Crippen molar-refractivity contribution >= 4 is 22.6 Å². The molecule has 0 unspecified atom stereocenters. The van der Waals surface area contributed by atoms with E-state index in [1.165, 1.54) is 6.33 Å². The standard InChI is InChI=1S/C24H24N6O2/c1-15(17-5-4-6-18-19(24(31)25-2)9-10-26-23(17)18)12-27-21-11-20(29-14-30-21)16-7-8-22(32-3)28-13-16/h4-11,13-15H,12H2,1-3H3,(H,25,31)(H,27,29,30)/t15-/m1/s1. The number of pyridine rings is 2. The molecule has 1 atom stereocenters. The van der Waals surface area contributed by atoms with Gasteiger partial charge in [-0.1, -0.05) is 25.1 Å². The summed E-state index contributed by atoms with van der Waals surface area (Å²) in [7, 11) is 3.21. The van der Waals surface area contributed by atoms with Crippen LogP contribution in [0.25, 0.3) is 22.2 Å². The molecule has 0 saturated carbocycles. The molecule has 1 aromatic carbocycles. The number of amides is 1. The SMILES string of the molecule is CNC(=O)c1ccnc2c([C@H](C)CNc3cc(-c4ccc(OC)nc4)ncn3)cccc12. The largest absolute Gasteiger partial charge is 0.481 e. The second-order valence-electron chi connectivity index (χ2n) is 7.34. The fraction of sp³-hybridized carbons (Fsp3) is 0.208. The Morgan fingerprint density at radius 2 is 1.97 bits per heavy atom. The summed E-state index contributed by atoms with van der Waals surface area (Å²) in [6.07, 6.45) is 4.93. The third kappa shape index (κ3) is 4.34. The maximum absolute atomic E-state index is 12.2. The van der Waals surface area contributed by atoms with Gasteiger partial charge in [0.2, 0.25) is 5.88 Å². The number of para-hydroxylation sites is 1. The van der Waals surface area contributed by atoms with Crippen molar-refractivity contribution in [2.75, 3.05) is 26.0 Å². The van der Waals surface area contributed by atoms with Gasteiger partial charge in [-0.15, -0.1) is 0 Å².